The van der Waals surface area contributed by atoms with Crippen LogP contribution in [0, 0.1) is 5.92 Å². The number of hydrogen-bond donors (Lipinski definition) is 0. The van der Waals surface area contributed by atoms with Gasteiger partial charge in [-0.25, -0.2) is 9.97 Å². The van der Waals surface area contributed by atoms with Crippen LogP contribution in [0.1, 0.15) is 37.9 Å². The molecular formula is C12H15N3. The van der Waals surface area contributed by atoms with E-state index < -0.39 is 0 Å². The molecule has 0 radical (unpaired) electrons. The predicted octanol–water partition coefficient (Wildman–Crippen LogP) is 2.55. The van der Waals surface area contributed by atoms with Crippen molar-refractivity contribution in [2.45, 2.75) is 26.7 Å². The average molecular weight is 201 g/mol. The SMILES string of the molecule is CC(C)C1=NC=CC(C)c2cncnc21. The summed E-state index contributed by atoms with van der Waals surface area (Å²) in [6.07, 6.45) is 7.44. The second kappa shape index (κ2) is 3.93. The summed E-state index contributed by atoms with van der Waals surface area (Å²) in [4.78, 5) is 12.9. The molecule has 3 nitrogen and oxygen atoms in total. The van der Waals surface area contributed by atoms with Crippen molar-refractivity contribution in [3.05, 3.63) is 36.1 Å². The van der Waals surface area contributed by atoms with Crippen LogP contribution < -0.4 is 0 Å². The van der Waals surface area contributed by atoms with Gasteiger partial charge in [-0.05, 0) is 5.92 Å². The van der Waals surface area contributed by atoms with Gasteiger partial charge in [-0.1, -0.05) is 26.8 Å². The quantitative estimate of drug-likeness (QED) is 0.700. The van der Waals surface area contributed by atoms with Crippen molar-refractivity contribution in [3.8, 4) is 0 Å². The number of fused-ring (bicyclic) bond motifs is 1. The Labute approximate surface area is 90.0 Å². The Hall–Kier alpha value is -1.51. The fourth-order valence-electron chi connectivity index (χ4n) is 1.73. The molecule has 1 aromatic rings. The van der Waals surface area contributed by atoms with Crippen LogP contribution in [0.2, 0.25) is 0 Å². The van der Waals surface area contributed by atoms with Crippen molar-refractivity contribution in [3.63, 3.8) is 0 Å². The molecule has 15 heavy (non-hydrogen) atoms. The van der Waals surface area contributed by atoms with Gasteiger partial charge in [-0.2, -0.15) is 0 Å². The smallest absolute Gasteiger partial charge is 0.116 e. The minimum Gasteiger partial charge on any atom is -0.259 e. The molecule has 1 aliphatic heterocycles. The molecule has 0 bridgehead atoms. The molecule has 0 amide bonds. The second-order valence-corrected chi connectivity index (χ2v) is 4.13. The first kappa shape index (κ1) is 10.0. The third-order valence-corrected chi connectivity index (χ3v) is 2.61. The molecular weight excluding hydrogens is 186 g/mol. The third-order valence-electron chi connectivity index (χ3n) is 2.61. The Bertz CT molecular complexity index is 419. The number of rotatable bonds is 1. The van der Waals surface area contributed by atoms with Crippen molar-refractivity contribution in [1.82, 2.24) is 9.97 Å². The topological polar surface area (TPSA) is 38.1 Å². The van der Waals surface area contributed by atoms with E-state index >= 15 is 0 Å². The van der Waals surface area contributed by atoms with Gasteiger partial charge in [0.05, 0.1) is 11.4 Å². The van der Waals surface area contributed by atoms with Gasteiger partial charge in [0.15, 0.2) is 0 Å². The molecule has 3 heteroatoms. The molecule has 1 unspecified atom stereocenters. The van der Waals surface area contributed by atoms with E-state index in [4.69, 9.17) is 0 Å². The molecule has 0 fully saturated rings. The lowest BCUT2D eigenvalue weighted by Crippen LogP contribution is -2.14. The van der Waals surface area contributed by atoms with E-state index in [9.17, 15) is 0 Å². The number of hydrogen-bond acceptors (Lipinski definition) is 3. The van der Waals surface area contributed by atoms with Crippen molar-refractivity contribution in [2.75, 3.05) is 0 Å². The Morgan fingerprint density at radius 1 is 1.33 bits per heavy atom. The predicted molar refractivity (Wildman–Crippen MR) is 61.0 cm³/mol. The van der Waals surface area contributed by atoms with Gasteiger partial charge in [0, 0.05) is 23.9 Å². The molecule has 78 valence electrons. The maximum absolute atomic E-state index is 4.46. The molecule has 0 aliphatic carbocycles. The average Bonchev–Trinajstić information content (AvgIpc) is 2.39. The van der Waals surface area contributed by atoms with Crippen molar-refractivity contribution in [2.24, 2.45) is 10.9 Å². The van der Waals surface area contributed by atoms with Crippen LogP contribution in [0.25, 0.3) is 0 Å². The maximum atomic E-state index is 4.46. The van der Waals surface area contributed by atoms with Crippen LogP contribution in [-0.2, 0) is 0 Å². The van der Waals surface area contributed by atoms with E-state index in [0.717, 1.165) is 11.4 Å². The van der Waals surface area contributed by atoms with Crippen LogP contribution in [0.15, 0.2) is 29.8 Å². The highest BCUT2D eigenvalue weighted by Crippen LogP contribution is 2.24. The molecule has 1 aliphatic rings. The molecule has 2 rings (SSSR count). The minimum absolute atomic E-state index is 0.334. The van der Waals surface area contributed by atoms with Gasteiger partial charge in [0.2, 0.25) is 0 Å². The van der Waals surface area contributed by atoms with Crippen LogP contribution in [0.4, 0.5) is 0 Å². The zero-order valence-electron chi connectivity index (χ0n) is 9.31. The highest BCUT2D eigenvalue weighted by Gasteiger charge is 2.18. The molecule has 0 N–H and O–H groups in total. The molecule has 0 aromatic carbocycles. The molecule has 0 saturated carbocycles. The summed E-state index contributed by atoms with van der Waals surface area (Å²) < 4.78 is 0. The summed E-state index contributed by atoms with van der Waals surface area (Å²) in [5.74, 6) is 0.717. The van der Waals surface area contributed by atoms with Gasteiger partial charge in [0.25, 0.3) is 0 Å². The van der Waals surface area contributed by atoms with Crippen LogP contribution in [0.5, 0.6) is 0 Å². The summed E-state index contributed by atoms with van der Waals surface area (Å²) in [6, 6.07) is 0. The van der Waals surface area contributed by atoms with E-state index in [1.54, 1.807) is 6.33 Å². The Morgan fingerprint density at radius 3 is 2.87 bits per heavy atom. The Kier molecular flexibility index (Phi) is 2.62. The van der Waals surface area contributed by atoms with Crippen LogP contribution in [-0.4, -0.2) is 15.7 Å². The van der Waals surface area contributed by atoms with Gasteiger partial charge in [-0.3, -0.25) is 4.99 Å². The lowest BCUT2D eigenvalue weighted by molar-refractivity contribution is 0.866. The summed E-state index contributed by atoms with van der Waals surface area (Å²) in [6.45, 7) is 6.40. The fourth-order valence-corrected chi connectivity index (χ4v) is 1.73. The monoisotopic (exact) mass is 201 g/mol. The molecule has 1 aromatic heterocycles. The van der Waals surface area contributed by atoms with Crippen LogP contribution >= 0.6 is 0 Å². The Balaban J connectivity index is 2.58. The van der Waals surface area contributed by atoms with Gasteiger partial charge < -0.3 is 0 Å². The maximum Gasteiger partial charge on any atom is 0.116 e. The Morgan fingerprint density at radius 2 is 2.13 bits per heavy atom. The minimum atomic E-state index is 0.334. The second-order valence-electron chi connectivity index (χ2n) is 4.13. The van der Waals surface area contributed by atoms with Gasteiger partial charge in [-0.15, -0.1) is 0 Å². The number of aromatic nitrogens is 2. The number of nitrogens with zero attached hydrogens (tertiary/aromatic N) is 3. The highest BCUT2D eigenvalue weighted by molar-refractivity contribution is 6.02. The van der Waals surface area contributed by atoms with Crippen molar-refractivity contribution < 1.29 is 0 Å². The normalized spacial score (nSPS) is 19.7. The fraction of sp³-hybridized carbons (Fsp3) is 0.417. The summed E-state index contributed by atoms with van der Waals surface area (Å²) in [5.41, 5.74) is 3.21. The number of aliphatic imine (C=N–C) groups is 1. The zero-order chi connectivity index (χ0) is 10.8. The van der Waals surface area contributed by atoms with E-state index in [1.165, 1.54) is 5.56 Å². The highest BCUT2D eigenvalue weighted by atomic mass is 14.9. The van der Waals surface area contributed by atoms with E-state index in [1.807, 2.05) is 12.4 Å². The van der Waals surface area contributed by atoms with E-state index in [2.05, 4.69) is 41.8 Å². The third kappa shape index (κ3) is 1.82. The first-order valence-electron chi connectivity index (χ1n) is 5.24. The summed E-state index contributed by atoms with van der Waals surface area (Å²) >= 11 is 0. The van der Waals surface area contributed by atoms with E-state index in [-0.39, 0.29) is 0 Å². The van der Waals surface area contributed by atoms with Crippen LogP contribution in [0.3, 0.4) is 0 Å². The lowest BCUT2D eigenvalue weighted by atomic mass is 9.96. The molecule has 2 heterocycles. The number of allylic oxidation sites excluding steroid dienone is 1. The molecule has 1 atom stereocenters. The summed E-state index contributed by atoms with van der Waals surface area (Å²) in [7, 11) is 0. The summed E-state index contributed by atoms with van der Waals surface area (Å²) in [5, 5.41) is 0. The van der Waals surface area contributed by atoms with Gasteiger partial charge >= 0.3 is 0 Å². The van der Waals surface area contributed by atoms with Crippen molar-refractivity contribution in [1.29, 1.82) is 0 Å². The standard InChI is InChI=1S/C12H15N3/c1-8(2)11-12-10(6-13-7-15-12)9(3)4-5-14-11/h4-9H,1-3H3. The van der Waals surface area contributed by atoms with Crippen molar-refractivity contribution >= 4 is 5.71 Å². The largest absolute Gasteiger partial charge is 0.259 e. The first-order chi connectivity index (χ1) is 7.20. The van der Waals surface area contributed by atoms with E-state index in [0.29, 0.717) is 11.8 Å². The first-order valence-corrected chi connectivity index (χ1v) is 5.24. The zero-order valence-corrected chi connectivity index (χ0v) is 9.31. The van der Waals surface area contributed by atoms with Gasteiger partial charge in [0.1, 0.15) is 6.33 Å². The molecule has 0 saturated heterocycles. The lowest BCUT2D eigenvalue weighted by Gasteiger charge is -2.12. The molecule has 0 spiro atoms.